The number of aryl methyl sites for hydroxylation is 1. The first kappa shape index (κ1) is 20.9. The molecule has 5 heteroatoms. The summed E-state index contributed by atoms with van der Waals surface area (Å²) in [6, 6.07) is 25.4. The molecule has 0 heterocycles. The fourth-order valence-electron chi connectivity index (χ4n) is 3.36. The van der Waals surface area contributed by atoms with Crippen LogP contribution in [0.15, 0.2) is 83.3 Å². The largest absolute Gasteiger partial charge is 0.493 e. The molecular formula is C26H22BrNO3. The number of carbonyl (C=O) groups excluding carboxylic acids is 1. The van der Waals surface area contributed by atoms with Crippen LogP contribution in [-0.2, 0) is 6.61 Å². The van der Waals surface area contributed by atoms with Gasteiger partial charge in [-0.05, 0) is 52.0 Å². The quantitative estimate of drug-likeness (QED) is 0.335. The van der Waals surface area contributed by atoms with Crippen molar-refractivity contribution in [3.05, 3.63) is 100 Å². The molecule has 0 bridgehead atoms. The van der Waals surface area contributed by atoms with Crippen molar-refractivity contribution in [1.82, 2.24) is 0 Å². The fraction of sp³-hybridized carbons (Fsp3) is 0.115. The number of anilines is 1. The van der Waals surface area contributed by atoms with Crippen LogP contribution in [0.1, 0.15) is 21.5 Å². The number of carbonyl (C=O) groups is 1. The molecular weight excluding hydrogens is 454 g/mol. The number of rotatable bonds is 6. The molecule has 156 valence electrons. The summed E-state index contributed by atoms with van der Waals surface area (Å²) < 4.78 is 12.2. The molecule has 0 unspecified atom stereocenters. The summed E-state index contributed by atoms with van der Waals surface area (Å²) in [5.41, 5.74) is 3.48. The lowest BCUT2D eigenvalue weighted by Crippen LogP contribution is -2.13. The minimum absolute atomic E-state index is 0.222. The van der Waals surface area contributed by atoms with Crippen molar-refractivity contribution in [3.8, 4) is 11.5 Å². The van der Waals surface area contributed by atoms with Gasteiger partial charge in [-0.1, -0.05) is 66.2 Å². The average Bonchev–Trinajstić information content (AvgIpc) is 2.79. The zero-order chi connectivity index (χ0) is 21.8. The van der Waals surface area contributed by atoms with Gasteiger partial charge >= 0.3 is 0 Å². The number of halogens is 1. The second-order valence-corrected chi connectivity index (χ2v) is 8.10. The van der Waals surface area contributed by atoms with Crippen LogP contribution in [0.2, 0.25) is 0 Å². The Kier molecular flexibility index (Phi) is 6.23. The van der Waals surface area contributed by atoms with Crippen LogP contribution in [0, 0.1) is 6.92 Å². The van der Waals surface area contributed by atoms with Crippen LogP contribution in [0.5, 0.6) is 11.5 Å². The number of hydrogen-bond donors (Lipinski definition) is 1. The van der Waals surface area contributed by atoms with Crippen molar-refractivity contribution >= 4 is 38.3 Å². The van der Waals surface area contributed by atoms with Gasteiger partial charge in [0, 0.05) is 16.6 Å². The lowest BCUT2D eigenvalue weighted by atomic mass is 10.1. The van der Waals surface area contributed by atoms with Crippen molar-refractivity contribution in [2.45, 2.75) is 13.5 Å². The SMILES string of the molecule is COc1cc(C(=O)Nc2cccc3ccccc23)cc(Br)c1OCc1ccc(C)cc1. The highest BCUT2D eigenvalue weighted by Crippen LogP contribution is 2.37. The Balaban J connectivity index is 1.56. The number of nitrogens with one attached hydrogen (secondary N) is 1. The molecule has 0 spiro atoms. The summed E-state index contributed by atoms with van der Waals surface area (Å²) >= 11 is 3.53. The van der Waals surface area contributed by atoms with Gasteiger partial charge in [0.2, 0.25) is 0 Å². The molecule has 31 heavy (non-hydrogen) atoms. The van der Waals surface area contributed by atoms with Gasteiger partial charge in [0.25, 0.3) is 5.91 Å². The standard InChI is InChI=1S/C26H22BrNO3/c1-17-10-12-18(13-11-17)16-31-25-22(27)14-20(15-24(25)30-2)26(29)28-23-9-5-7-19-6-3-4-8-21(19)23/h3-15H,16H2,1-2H3,(H,28,29). The van der Waals surface area contributed by atoms with E-state index in [4.69, 9.17) is 9.47 Å². The topological polar surface area (TPSA) is 47.6 Å². The second-order valence-electron chi connectivity index (χ2n) is 7.24. The Bertz CT molecular complexity index is 1230. The molecule has 1 amide bonds. The summed E-state index contributed by atoms with van der Waals surface area (Å²) in [6.07, 6.45) is 0. The first-order valence-corrected chi connectivity index (χ1v) is 10.7. The van der Waals surface area contributed by atoms with Gasteiger partial charge in [0.05, 0.1) is 11.6 Å². The van der Waals surface area contributed by atoms with Crippen molar-refractivity contribution in [3.63, 3.8) is 0 Å². The van der Waals surface area contributed by atoms with E-state index in [-0.39, 0.29) is 5.91 Å². The highest BCUT2D eigenvalue weighted by atomic mass is 79.9. The van der Waals surface area contributed by atoms with Crippen molar-refractivity contribution in [1.29, 1.82) is 0 Å². The van der Waals surface area contributed by atoms with Crippen molar-refractivity contribution in [2.75, 3.05) is 12.4 Å². The smallest absolute Gasteiger partial charge is 0.255 e. The van der Waals surface area contributed by atoms with Gasteiger partial charge in [-0.25, -0.2) is 0 Å². The molecule has 0 fully saturated rings. The van der Waals surface area contributed by atoms with Gasteiger partial charge in [-0.15, -0.1) is 0 Å². The van der Waals surface area contributed by atoms with Crippen LogP contribution >= 0.6 is 15.9 Å². The molecule has 0 aliphatic heterocycles. The molecule has 0 saturated heterocycles. The van der Waals surface area contributed by atoms with E-state index in [0.717, 1.165) is 22.0 Å². The van der Waals surface area contributed by atoms with E-state index in [1.165, 1.54) is 5.56 Å². The monoisotopic (exact) mass is 475 g/mol. The minimum atomic E-state index is -0.222. The number of amides is 1. The molecule has 0 aliphatic carbocycles. The molecule has 4 aromatic carbocycles. The Labute approximate surface area is 189 Å². The van der Waals surface area contributed by atoms with Crippen molar-refractivity contribution in [2.24, 2.45) is 0 Å². The number of benzene rings is 4. The fourth-order valence-corrected chi connectivity index (χ4v) is 3.92. The van der Waals surface area contributed by atoms with Gasteiger partial charge in [0.15, 0.2) is 11.5 Å². The van der Waals surface area contributed by atoms with Crippen LogP contribution in [0.25, 0.3) is 10.8 Å². The Morgan fingerprint density at radius 1 is 0.968 bits per heavy atom. The lowest BCUT2D eigenvalue weighted by molar-refractivity contribution is 0.102. The van der Waals surface area contributed by atoms with E-state index >= 15 is 0 Å². The van der Waals surface area contributed by atoms with Crippen LogP contribution < -0.4 is 14.8 Å². The highest BCUT2D eigenvalue weighted by molar-refractivity contribution is 9.10. The van der Waals surface area contributed by atoms with E-state index in [9.17, 15) is 4.79 Å². The normalized spacial score (nSPS) is 10.7. The highest BCUT2D eigenvalue weighted by Gasteiger charge is 2.17. The van der Waals surface area contributed by atoms with Crippen LogP contribution in [0.3, 0.4) is 0 Å². The third-order valence-electron chi connectivity index (χ3n) is 5.03. The molecule has 1 N–H and O–H groups in total. The third kappa shape index (κ3) is 4.72. The summed E-state index contributed by atoms with van der Waals surface area (Å²) in [6.45, 7) is 2.45. The first-order chi connectivity index (χ1) is 15.0. The molecule has 0 aliphatic rings. The maximum absolute atomic E-state index is 13.0. The predicted octanol–water partition coefficient (Wildman–Crippen LogP) is 6.75. The average molecular weight is 476 g/mol. The Morgan fingerprint density at radius 3 is 2.48 bits per heavy atom. The summed E-state index contributed by atoms with van der Waals surface area (Å²) in [4.78, 5) is 13.0. The zero-order valence-corrected chi connectivity index (χ0v) is 18.9. The minimum Gasteiger partial charge on any atom is -0.493 e. The van der Waals surface area contributed by atoms with Gasteiger partial charge in [0.1, 0.15) is 6.61 Å². The van der Waals surface area contributed by atoms with E-state index in [1.54, 1.807) is 19.2 Å². The second kappa shape index (κ2) is 9.23. The number of ether oxygens (including phenoxy) is 2. The van der Waals surface area contributed by atoms with Crippen LogP contribution in [-0.4, -0.2) is 13.0 Å². The van der Waals surface area contributed by atoms with E-state index in [0.29, 0.717) is 28.1 Å². The van der Waals surface area contributed by atoms with Crippen molar-refractivity contribution < 1.29 is 14.3 Å². The molecule has 0 radical (unpaired) electrons. The first-order valence-electron chi connectivity index (χ1n) is 9.90. The number of methoxy groups -OCH3 is 1. The summed E-state index contributed by atoms with van der Waals surface area (Å²) in [5.74, 6) is 0.828. The summed E-state index contributed by atoms with van der Waals surface area (Å²) in [5, 5.41) is 5.06. The molecule has 0 aromatic heterocycles. The zero-order valence-electron chi connectivity index (χ0n) is 17.3. The maximum Gasteiger partial charge on any atom is 0.255 e. The lowest BCUT2D eigenvalue weighted by Gasteiger charge is -2.15. The number of fused-ring (bicyclic) bond motifs is 1. The molecule has 0 saturated carbocycles. The predicted molar refractivity (Wildman–Crippen MR) is 128 cm³/mol. The molecule has 4 rings (SSSR count). The van der Waals surface area contributed by atoms with E-state index in [2.05, 4.69) is 21.2 Å². The molecule has 0 atom stereocenters. The summed E-state index contributed by atoms with van der Waals surface area (Å²) in [7, 11) is 1.56. The Morgan fingerprint density at radius 2 is 1.71 bits per heavy atom. The van der Waals surface area contributed by atoms with Gasteiger partial charge in [-0.2, -0.15) is 0 Å². The third-order valence-corrected chi connectivity index (χ3v) is 5.62. The molecule has 4 nitrogen and oxygen atoms in total. The Hall–Kier alpha value is -3.31. The van der Waals surface area contributed by atoms with E-state index in [1.807, 2.05) is 73.7 Å². The molecule has 4 aromatic rings. The van der Waals surface area contributed by atoms with Crippen LogP contribution in [0.4, 0.5) is 5.69 Å². The van der Waals surface area contributed by atoms with E-state index < -0.39 is 0 Å². The van der Waals surface area contributed by atoms with Gasteiger partial charge in [-0.3, -0.25) is 4.79 Å². The maximum atomic E-state index is 13.0. The van der Waals surface area contributed by atoms with Gasteiger partial charge < -0.3 is 14.8 Å². The number of hydrogen-bond acceptors (Lipinski definition) is 3.